The van der Waals surface area contributed by atoms with E-state index in [0.717, 1.165) is 36.5 Å². The van der Waals surface area contributed by atoms with Crippen LogP contribution in [0.1, 0.15) is 43.7 Å². The molecule has 0 saturated carbocycles. The van der Waals surface area contributed by atoms with E-state index in [1.807, 2.05) is 12.1 Å². The Hall–Kier alpha value is -2.35. The average molecular weight is 352 g/mol. The highest BCUT2D eigenvalue weighted by atomic mass is 19.4. The lowest BCUT2D eigenvalue weighted by atomic mass is 9.94. The fourth-order valence-corrected chi connectivity index (χ4v) is 2.60. The van der Waals surface area contributed by atoms with Crippen LogP contribution in [0.5, 0.6) is 0 Å². The molecule has 5 heteroatoms. The number of halogens is 5. The second-order valence-corrected chi connectivity index (χ2v) is 5.87. The van der Waals surface area contributed by atoms with Crippen molar-refractivity contribution >= 4 is 0 Å². The summed E-state index contributed by atoms with van der Waals surface area (Å²) in [4.78, 5) is 0. The zero-order valence-corrected chi connectivity index (χ0v) is 13.8. The second kappa shape index (κ2) is 7.69. The van der Waals surface area contributed by atoms with Crippen molar-refractivity contribution < 1.29 is 22.0 Å². The first kappa shape index (κ1) is 19.0. The molecule has 0 N–H and O–H groups in total. The van der Waals surface area contributed by atoms with Crippen LogP contribution in [0.25, 0.3) is 11.1 Å². The van der Waals surface area contributed by atoms with Crippen molar-refractivity contribution in [2.75, 3.05) is 0 Å². The van der Waals surface area contributed by atoms with Crippen LogP contribution in [-0.4, -0.2) is 6.18 Å². The van der Waals surface area contributed by atoms with E-state index in [2.05, 4.69) is 13.8 Å². The molecule has 0 saturated heterocycles. The molecule has 0 nitrogen and oxygen atoms in total. The Morgan fingerprint density at radius 1 is 0.960 bits per heavy atom. The largest absolute Gasteiger partial charge is 0.458 e. The molecular weight excluding hydrogens is 335 g/mol. The Morgan fingerprint density at radius 2 is 1.52 bits per heavy atom. The molecule has 2 rings (SSSR count). The predicted molar refractivity (Wildman–Crippen MR) is 88.1 cm³/mol. The zero-order chi connectivity index (χ0) is 18.6. The summed E-state index contributed by atoms with van der Waals surface area (Å²) in [5, 5.41) is 0. The van der Waals surface area contributed by atoms with Gasteiger partial charge < -0.3 is 0 Å². The van der Waals surface area contributed by atoms with Crippen molar-refractivity contribution in [1.29, 1.82) is 0 Å². The van der Waals surface area contributed by atoms with Crippen molar-refractivity contribution in [3.8, 4) is 23.0 Å². The standard InChI is InChI=1S/C20H17F5/c1-3-4-13(2)14-5-7-15(8-6-14)16-11-18(21)17(19(22)12-16)9-10-20(23,24)25/h5-8,11-13H,3-4H2,1-2H3. The van der Waals surface area contributed by atoms with Crippen molar-refractivity contribution in [1.82, 2.24) is 0 Å². The molecule has 2 aromatic carbocycles. The summed E-state index contributed by atoms with van der Waals surface area (Å²) in [5.41, 5.74) is 1.08. The van der Waals surface area contributed by atoms with Crippen LogP contribution in [-0.2, 0) is 0 Å². The molecule has 0 aliphatic rings. The van der Waals surface area contributed by atoms with Gasteiger partial charge in [-0.05, 0) is 41.2 Å². The number of hydrogen-bond acceptors (Lipinski definition) is 0. The molecule has 0 heterocycles. The van der Waals surface area contributed by atoms with E-state index >= 15 is 0 Å². The number of benzene rings is 2. The molecule has 0 fully saturated rings. The van der Waals surface area contributed by atoms with Gasteiger partial charge in [0.1, 0.15) is 11.6 Å². The van der Waals surface area contributed by atoms with E-state index in [0.29, 0.717) is 11.5 Å². The lowest BCUT2D eigenvalue weighted by Crippen LogP contribution is -2.02. The van der Waals surface area contributed by atoms with Crippen molar-refractivity contribution in [3.05, 3.63) is 59.2 Å². The summed E-state index contributed by atoms with van der Waals surface area (Å²) in [7, 11) is 0. The predicted octanol–water partition coefficient (Wildman–Crippen LogP) is 6.45. The van der Waals surface area contributed by atoms with E-state index in [9.17, 15) is 22.0 Å². The highest BCUT2D eigenvalue weighted by Crippen LogP contribution is 2.27. The Balaban J connectivity index is 2.33. The number of rotatable bonds is 4. The first-order chi connectivity index (χ1) is 11.7. The molecule has 0 aliphatic heterocycles. The zero-order valence-electron chi connectivity index (χ0n) is 13.8. The molecule has 0 aromatic heterocycles. The summed E-state index contributed by atoms with van der Waals surface area (Å²) < 4.78 is 64.2. The maximum absolute atomic E-state index is 14.0. The summed E-state index contributed by atoms with van der Waals surface area (Å²) in [6.45, 7) is 4.20. The minimum atomic E-state index is -4.80. The summed E-state index contributed by atoms with van der Waals surface area (Å²) >= 11 is 0. The van der Waals surface area contributed by atoms with Gasteiger partial charge in [0.05, 0.1) is 5.56 Å². The van der Waals surface area contributed by atoms with Crippen LogP contribution in [0.15, 0.2) is 36.4 Å². The molecule has 25 heavy (non-hydrogen) atoms. The summed E-state index contributed by atoms with van der Waals surface area (Å²) in [6, 6.07) is 9.26. The van der Waals surface area contributed by atoms with Gasteiger partial charge in [0.15, 0.2) is 0 Å². The molecule has 0 radical (unpaired) electrons. The van der Waals surface area contributed by atoms with Gasteiger partial charge in [-0.3, -0.25) is 0 Å². The van der Waals surface area contributed by atoms with Crippen molar-refractivity contribution in [3.63, 3.8) is 0 Å². The Labute approximate surface area is 143 Å². The molecule has 0 bridgehead atoms. The first-order valence-corrected chi connectivity index (χ1v) is 7.90. The van der Waals surface area contributed by atoms with Crippen LogP contribution >= 0.6 is 0 Å². The van der Waals surface area contributed by atoms with Crippen LogP contribution in [0.4, 0.5) is 22.0 Å². The van der Waals surface area contributed by atoms with Gasteiger partial charge >= 0.3 is 6.18 Å². The Kier molecular flexibility index (Phi) is 5.84. The highest BCUT2D eigenvalue weighted by molar-refractivity contribution is 5.65. The molecule has 0 amide bonds. The second-order valence-electron chi connectivity index (χ2n) is 5.87. The van der Waals surface area contributed by atoms with Gasteiger partial charge in [0.25, 0.3) is 0 Å². The molecule has 1 atom stereocenters. The van der Waals surface area contributed by atoms with Crippen molar-refractivity contribution in [2.45, 2.75) is 38.8 Å². The maximum atomic E-state index is 14.0. The SMILES string of the molecule is CCCC(C)c1ccc(-c2cc(F)c(C#CC(F)(F)F)c(F)c2)cc1. The highest BCUT2D eigenvalue weighted by Gasteiger charge is 2.23. The van der Waals surface area contributed by atoms with Gasteiger partial charge in [0, 0.05) is 5.92 Å². The Bertz CT molecular complexity index is 769. The molecule has 2 aromatic rings. The summed E-state index contributed by atoms with van der Waals surface area (Å²) in [6.07, 6.45) is -2.71. The molecular formula is C20H17F5. The molecule has 132 valence electrons. The lowest BCUT2D eigenvalue weighted by Gasteiger charge is -2.11. The van der Waals surface area contributed by atoms with E-state index in [-0.39, 0.29) is 5.56 Å². The van der Waals surface area contributed by atoms with Crippen LogP contribution in [0.2, 0.25) is 0 Å². The smallest absolute Gasteiger partial charge is 0.205 e. The van der Waals surface area contributed by atoms with Crippen LogP contribution in [0.3, 0.4) is 0 Å². The van der Waals surface area contributed by atoms with Crippen molar-refractivity contribution in [2.24, 2.45) is 0 Å². The topological polar surface area (TPSA) is 0 Å². The third-order valence-electron chi connectivity index (χ3n) is 3.91. The minimum Gasteiger partial charge on any atom is -0.205 e. The third-order valence-corrected chi connectivity index (χ3v) is 3.91. The van der Waals surface area contributed by atoms with Crippen LogP contribution < -0.4 is 0 Å². The van der Waals surface area contributed by atoms with Gasteiger partial charge in [-0.1, -0.05) is 50.5 Å². The minimum absolute atomic E-state index is 0.252. The number of hydrogen-bond donors (Lipinski definition) is 0. The molecule has 0 spiro atoms. The van der Waals surface area contributed by atoms with Gasteiger partial charge in [-0.15, -0.1) is 0 Å². The fraction of sp³-hybridized carbons (Fsp3) is 0.300. The van der Waals surface area contributed by atoms with E-state index in [4.69, 9.17) is 0 Å². The summed E-state index contributed by atoms with van der Waals surface area (Å²) in [5.74, 6) is 0.545. The fourth-order valence-electron chi connectivity index (χ4n) is 2.60. The molecule has 0 aliphatic carbocycles. The monoisotopic (exact) mass is 352 g/mol. The maximum Gasteiger partial charge on any atom is 0.458 e. The van der Waals surface area contributed by atoms with Gasteiger partial charge in [0.2, 0.25) is 0 Å². The quantitative estimate of drug-likeness (QED) is 0.438. The van der Waals surface area contributed by atoms with E-state index < -0.39 is 23.4 Å². The van der Waals surface area contributed by atoms with Gasteiger partial charge in [-0.2, -0.15) is 13.2 Å². The first-order valence-electron chi connectivity index (χ1n) is 7.90. The average Bonchev–Trinajstić information content (AvgIpc) is 2.53. The normalized spacial score (nSPS) is 12.4. The van der Waals surface area contributed by atoms with E-state index in [1.165, 1.54) is 5.92 Å². The molecule has 1 unspecified atom stereocenters. The Morgan fingerprint density at radius 3 is 2.00 bits per heavy atom. The van der Waals surface area contributed by atoms with Crippen LogP contribution in [0, 0.1) is 23.5 Å². The van der Waals surface area contributed by atoms with Gasteiger partial charge in [-0.25, -0.2) is 8.78 Å². The third kappa shape index (κ3) is 5.06. The number of alkyl halides is 3. The lowest BCUT2D eigenvalue weighted by molar-refractivity contribution is -0.0696. The van der Waals surface area contributed by atoms with E-state index in [1.54, 1.807) is 12.1 Å².